The molecule has 30 heteroatoms. The lowest BCUT2D eigenvalue weighted by atomic mass is 9.75. The third-order valence-corrected chi connectivity index (χ3v) is 26.0. The molecule has 0 aromatic rings. The Morgan fingerprint density at radius 2 is 0.938 bits per heavy atom. The van der Waals surface area contributed by atoms with E-state index in [2.05, 4.69) is 21.3 Å². The fraction of sp³-hybridized carbons (Fsp3) is 0.976. The van der Waals surface area contributed by atoms with Gasteiger partial charge >= 0.3 is 11.9 Å². The Balaban J connectivity index is 0.000000400. The minimum Gasteiger partial charge on any atom is -0.459 e. The van der Waals surface area contributed by atoms with Crippen LogP contribution in [-0.2, 0) is 66.4 Å². The molecular formula is C82H158N6O24. The van der Waals surface area contributed by atoms with E-state index in [0.717, 1.165) is 12.8 Å². The zero-order valence-corrected chi connectivity index (χ0v) is 73.6. The second kappa shape index (κ2) is 41.9. The number of carbonyl (C=O) groups is 2. The number of carbonyl (C=O) groups excluding carboxylic acids is 2. The second-order valence-electron chi connectivity index (χ2n) is 36.4. The van der Waals surface area contributed by atoms with Gasteiger partial charge < -0.3 is 139 Å². The first kappa shape index (κ1) is 100. The third kappa shape index (κ3) is 23.7. The van der Waals surface area contributed by atoms with Crippen molar-refractivity contribution in [2.45, 2.75) is 396 Å². The van der Waals surface area contributed by atoms with Crippen LogP contribution in [0.15, 0.2) is 0 Å². The van der Waals surface area contributed by atoms with Crippen LogP contribution in [0.2, 0.25) is 0 Å². The van der Waals surface area contributed by atoms with Crippen molar-refractivity contribution in [2.75, 3.05) is 81.7 Å². The Morgan fingerprint density at radius 3 is 1.29 bits per heavy atom. The van der Waals surface area contributed by atoms with E-state index in [9.17, 15) is 60.7 Å². The maximum atomic E-state index is 14.5. The lowest BCUT2D eigenvalue weighted by Crippen LogP contribution is -2.70. The molecule has 6 rings (SSSR count). The molecule has 5 unspecified atom stereocenters. The predicted molar refractivity (Wildman–Crippen MR) is 423 cm³/mol. The van der Waals surface area contributed by atoms with E-state index in [4.69, 9.17) is 56.8 Å². The van der Waals surface area contributed by atoms with E-state index < -0.39 is 191 Å². The monoisotopic (exact) mass is 1610 g/mol. The van der Waals surface area contributed by atoms with Crippen LogP contribution in [0, 0.1) is 35.5 Å². The quantitative estimate of drug-likeness (QED) is 0.0482. The lowest BCUT2D eigenvalue weighted by molar-refractivity contribution is -0.336. The van der Waals surface area contributed by atoms with Gasteiger partial charge in [-0.2, -0.15) is 0 Å². The van der Waals surface area contributed by atoms with Crippen molar-refractivity contribution in [1.29, 1.82) is 0 Å². The Hall–Kier alpha value is -2.10. The van der Waals surface area contributed by atoms with Crippen LogP contribution in [0.25, 0.3) is 0 Å². The minimum absolute atomic E-state index is 0.0928. The van der Waals surface area contributed by atoms with Gasteiger partial charge in [-0.1, -0.05) is 55.4 Å². The molecule has 36 atom stereocenters. The fourth-order valence-electron chi connectivity index (χ4n) is 18.4. The normalized spacial score (nSPS) is 46.6. The first-order valence-electron chi connectivity index (χ1n) is 41.8. The highest BCUT2D eigenvalue weighted by molar-refractivity contribution is 5.73. The van der Waals surface area contributed by atoms with Crippen LogP contribution in [0.4, 0.5) is 0 Å². The number of likely N-dealkylation sites (N-methyl/N-ethyl adjacent to an activating group) is 2. The third-order valence-electron chi connectivity index (χ3n) is 26.0. The summed E-state index contributed by atoms with van der Waals surface area (Å²) in [5.41, 5.74) is -11.9. The second-order valence-corrected chi connectivity index (χ2v) is 36.4. The maximum Gasteiger partial charge on any atom is 0.311 e. The highest BCUT2D eigenvalue weighted by atomic mass is 16.7. The molecular weight excluding hydrogens is 1450 g/mol. The summed E-state index contributed by atoms with van der Waals surface area (Å²) in [6, 6.07) is -1.75. The van der Waals surface area contributed by atoms with Gasteiger partial charge in [0, 0.05) is 76.2 Å². The van der Waals surface area contributed by atoms with Crippen LogP contribution in [0.1, 0.15) is 217 Å². The summed E-state index contributed by atoms with van der Waals surface area (Å²) < 4.78 is 76.7. The molecule has 6 aliphatic rings. The number of aliphatic hydroxyl groups is 10. The van der Waals surface area contributed by atoms with Crippen molar-refractivity contribution in [2.24, 2.45) is 35.5 Å². The molecule has 0 aliphatic carbocycles. The topological polar surface area (TPSA) is 402 Å². The molecule has 112 heavy (non-hydrogen) atoms. The highest BCUT2D eigenvalue weighted by Crippen LogP contribution is 2.47. The summed E-state index contributed by atoms with van der Waals surface area (Å²) in [5, 5.41) is 131. The standard InChI is InChI=1S/2C41H79N3O12/c1-15-17-42-22-41(50)28(8)53-31(20-39(41,10)51-14)55-33-25(5)35(56-37-32(45)29(44(12)13)18-24(4)52-37)38(9,48)19-23(3)21-43-27(7)34(46)40(11,49)30(16-2)54-36(47)26(33)6;1-15-17-42-22-41(50)28(8)53-31(20-39(41,10)51-14)54-33-25(5)34(56-37-32(46)29(44(12)13)18-24(4)52-37)38(9,48)19-23(3)21-43-27(7)35(55-36(47)26(33)6)40(11,49)30(45)16-2/h2*23-35,37,42-43,45-46,48-50H,15-22H2,1-14H3/t23-,24-,25+,26-,27-,28+,29+,30-,31?,32-,33+,34-,35-,37?,38-,39-,40-,41+;23-,24-,25+,26-,27-,28+,29+,30-,31?,32-,33+,34-,35?,37?,38-,39-,40-,41+/m11/s1. The molecule has 660 valence electrons. The fourth-order valence-corrected chi connectivity index (χ4v) is 18.4. The molecule has 30 nitrogen and oxygen atoms in total. The van der Waals surface area contributed by atoms with Crippen molar-refractivity contribution in [3.63, 3.8) is 0 Å². The zero-order chi connectivity index (χ0) is 85.1. The average molecular weight is 1610 g/mol. The van der Waals surface area contributed by atoms with E-state index in [1.165, 1.54) is 28.1 Å². The summed E-state index contributed by atoms with van der Waals surface area (Å²) in [4.78, 5) is 32.6. The predicted octanol–water partition coefficient (Wildman–Crippen LogP) is 3.86. The molecule has 0 saturated carbocycles. The Morgan fingerprint density at radius 1 is 0.562 bits per heavy atom. The van der Waals surface area contributed by atoms with Crippen LogP contribution >= 0.6 is 0 Å². The Kier molecular flexibility index (Phi) is 37.6. The average Bonchev–Trinajstić information content (AvgIpc) is 0.760. The summed E-state index contributed by atoms with van der Waals surface area (Å²) in [5.74, 6) is -5.34. The summed E-state index contributed by atoms with van der Waals surface area (Å²) in [7, 11) is 10.6. The zero-order valence-electron chi connectivity index (χ0n) is 73.6. The molecule has 0 spiro atoms. The molecule has 14 N–H and O–H groups in total. The molecule has 0 aromatic carbocycles. The SMILES string of the molecule is CCCNC[C@]1(O)[C@H](C)OC(O[C@H]2[C@H](C)[C@@H](OC3O[C@H](C)C[C@H](N(C)C)[C@H]3O)[C@](C)(O)C[C@@H](C)CN[C@H](C)C([C@](C)(O)[C@H](O)CC)OC(=O)[C@@H]2C)C[C@@]1(C)OC.CCCNC[C@]1(O)[C@H](C)OC(O[C@H]2[C@H](C)[C@@H](OC3O[C@H](C)C[C@H](N(C)C)[C@H]3O)[C@](C)(O)C[C@@H](C)CN[C@H](C)[C@@H](O)[C@](C)(O)[C@@H](CC)OC(=O)[C@@H]2C)C[C@@]1(C)OC. The van der Waals surface area contributed by atoms with Gasteiger partial charge in [0.05, 0.1) is 78.0 Å². The number of esters is 2. The number of methoxy groups -OCH3 is 2. The largest absolute Gasteiger partial charge is 0.459 e. The van der Waals surface area contributed by atoms with Crippen LogP contribution < -0.4 is 21.3 Å². The summed E-state index contributed by atoms with van der Waals surface area (Å²) >= 11 is 0. The molecule has 6 aliphatic heterocycles. The number of ether oxygens (including phenoxy) is 12. The van der Waals surface area contributed by atoms with E-state index in [-0.39, 0.29) is 87.7 Å². The van der Waals surface area contributed by atoms with Crippen LogP contribution in [0.5, 0.6) is 0 Å². The van der Waals surface area contributed by atoms with E-state index in [1.54, 1.807) is 69.2 Å². The maximum absolute atomic E-state index is 14.5. The summed E-state index contributed by atoms with van der Waals surface area (Å²) in [6.07, 6.45) is -13.3. The van der Waals surface area contributed by atoms with Gasteiger partial charge in [0.15, 0.2) is 25.2 Å². The van der Waals surface area contributed by atoms with Crippen LogP contribution in [-0.4, -0.2) is 334 Å². The molecule has 0 bridgehead atoms. The van der Waals surface area contributed by atoms with Gasteiger partial charge in [-0.3, -0.25) is 9.59 Å². The Labute approximate surface area is 671 Å². The van der Waals surface area contributed by atoms with Crippen molar-refractivity contribution < 1.29 is 117 Å². The van der Waals surface area contributed by atoms with Gasteiger partial charge in [0.25, 0.3) is 0 Å². The number of rotatable bonds is 24. The van der Waals surface area contributed by atoms with E-state index in [0.29, 0.717) is 39.0 Å². The first-order chi connectivity index (χ1) is 51.8. The Bertz CT molecular complexity index is 2820. The van der Waals surface area contributed by atoms with Crippen LogP contribution in [0.3, 0.4) is 0 Å². The van der Waals surface area contributed by atoms with Gasteiger partial charge in [0.2, 0.25) is 0 Å². The number of nitrogens with one attached hydrogen (secondary N) is 4. The lowest BCUT2D eigenvalue weighted by Gasteiger charge is -2.53. The van der Waals surface area contributed by atoms with E-state index in [1.807, 2.05) is 107 Å². The smallest absolute Gasteiger partial charge is 0.311 e. The molecule has 6 saturated heterocycles. The number of cyclic esters (lactones) is 2. The van der Waals surface area contributed by atoms with Crippen molar-refractivity contribution in [3.05, 3.63) is 0 Å². The number of nitrogens with zero attached hydrogens (tertiary/aromatic N) is 2. The number of aliphatic hydroxyl groups excluding tert-OH is 4. The van der Waals surface area contributed by atoms with Crippen molar-refractivity contribution in [1.82, 2.24) is 31.1 Å². The first-order valence-corrected chi connectivity index (χ1v) is 41.8. The van der Waals surface area contributed by atoms with Gasteiger partial charge in [0.1, 0.15) is 64.1 Å². The molecule has 6 fully saturated rings. The number of hydrogen-bond donors (Lipinski definition) is 14. The van der Waals surface area contributed by atoms with Gasteiger partial charge in [-0.05, 0) is 215 Å². The van der Waals surface area contributed by atoms with E-state index >= 15 is 0 Å². The molecule has 0 aromatic heterocycles. The molecule has 6 heterocycles. The van der Waals surface area contributed by atoms with Crippen molar-refractivity contribution >= 4 is 11.9 Å². The van der Waals surface area contributed by atoms with Gasteiger partial charge in [-0.25, -0.2) is 0 Å². The molecule has 0 radical (unpaired) electrons. The van der Waals surface area contributed by atoms with Gasteiger partial charge in [-0.15, -0.1) is 0 Å². The molecule has 0 amide bonds. The summed E-state index contributed by atoms with van der Waals surface area (Å²) in [6.45, 7) is 41.8. The number of hydrogen-bond acceptors (Lipinski definition) is 30. The minimum atomic E-state index is -1.81. The van der Waals surface area contributed by atoms with Crippen molar-refractivity contribution in [3.8, 4) is 0 Å². The highest BCUT2D eigenvalue weighted by Gasteiger charge is 2.61.